The van der Waals surface area contributed by atoms with Crippen LogP contribution in [0.15, 0.2) is 11.8 Å². The maximum Gasteiger partial charge on any atom is 0.316 e. The van der Waals surface area contributed by atoms with Gasteiger partial charge in [-0.05, 0) is 12.8 Å². The van der Waals surface area contributed by atoms with Crippen LogP contribution in [0.1, 0.15) is 19.3 Å². The molecule has 72 valence electrons. The van der Waals surface area contributed by atoms with Gasteiger partial charge in [0.2, 0.25) is 0 Å². The third-order valence-electron chi connectivity index (χ3n) is 1.89. The van der Waals surface area contributed by atoms with E-state index >= 15 is 0 Å². The van der Waals surface area contributed by atoms with Gasteiger partial charge in [0.25, 0.3) is 6.47 Å². The second-order valence-electron chi connectivity index (χ2n) is 2.85. The molecular formula is C8H12N2O3. The topological polar surface area (TPSA) is 81.4 Å². The van der Waals surface area contributed by atoms with Gasteiger partial charge in [-0.2, -0.15) is 0 Å². The van der Waals surface area contributed by atoms with Gasteiger partial charge in [0.1, 0.15) is 6.10 Å². The molecule has 5 heteroatoms. The van der Waals surface area contributed by atoms with Crippen molar-refractivity contribution in [3.05, 3.63) is 11.8 Å². The quantitative estimate of drug-likeness (QED) is 0.617. The fraction of sp³-hybridized carbons (Fsp3) is 0.500. The minimum Gasteiger partial charge on any atom is -0.464 e. The number of hydrogen-bond donors (Lipinski definition) is 2. The van der Waals surface area contributed by atoms with Gasteiger partial charge < -0.3 is 15.8 Å². The van der Waals surface area contributed by atoms with Crippen molar-refractivity contribution in [1.82, 2.24) is 5.32 Å². The Morgan fingerprint density at radius 2 is 2.54 bits per heavy atom. The molecular weight excluding hydrogens is 172 g/mol. The van der Waals surface area contributed by atoms with Gasteiger partial charge >= 0.3 is 6.03 Å². The van der Waals surface area contributed by atoms with Crippen LogP contribution in [0.2, 0.25) is 0 Å². The highest BCUT2D eigenvalue weighted by molar-refractivity contribution is 5.73. The maximum atomic E-state index is 10.5. The summed E-state index contributed by atoms with van der Waals surface area (Å²) in [4.78, 5) is 20.5. The van der Waals surface area contributed by atoms with E-state index in [4.69, 9.17) is 10.5 Å². The molecule has 1 atom stereocenters. The Morgan fingerprint density at radius 3 is 3.00 bits per heavy atom. The Balaban J connectivity index is 2.38. The summed E-state index contributed by atoms with van der Waals surface area (Å²) in [6, 6.07) is -0.555. The number of hydrogen-bond acceptors (Lipinski definition) is 3. The molecule has 0 radical (unpaired) electrons. The van der Waals surface area contributed by atoms with E-state index in [-0.39, 0.29) is 6.10 Å². The summed E-state index contributed by atoms with van der Waals surface area (Å²) in [6.45, 7) is 0.449. The van der Waals surface area contributed by atoms with Gasteiger partial charge in [0.05, 0.1) is 0 Å². The number of carbonyl (C=O) groups is 2. The number of allylic oxidation sites excluding steroid dienone is 1. The molecule has 1 rings (SSSR count). The van der Waals surface area contributed by atoms with Crippen molar-refractivity contribution in [2.75, 3.05) is 0 Å². The van der Waals surface area contributed by atoms with E-state index in [1.54, 1.807) is 0 Å². The molecule has 0 spiro atoms. The van der Waals surface area contributed by atoms with Crippen LogP contribution in [0.4, 0.5) is 4.79 Å². The van der Waals surface area contributed by atoms with Gasteiger partial charge in [0, 0.05) is 12.1 Å². The number of primary amides is 1. The summed E-state index contributed by atoms with van der Waals surface area (Å²) < 4.78 is 4.77. The highest BCUT2D eigenvalue weighted by atomic mass is 16.5. The molecule has 0 saturated heterocycles. The number of rotatable bonds is 3. The second kappa shape index (κ2) is 4.49. The van der Waals surface area contributed by atoms with Gasteiger partial charge in [-0.15, -0.1) is 0 Å². The van der Waals surface area contributed by atoms with E-state index < -0.39 is 6.03 Å². The van der Waals surface area contributed by atoms with Crippen molar-refractivity contribution < 1.29 is 14.3 Å². The van der Waals surface area contributed by atoms with Crippen molar-refractivity contribution in [3.63, 3.8) is 0 Å². The standard InChI is InChI=1S/C8H12N2O3/c9-8(12)10-6-1-3-7(4-2-6)13-5-11/h1,5,7H,2-4H2,(H3,9,10,12). The zero-order chi connectivity index (χ0) is 9.68. The SMILES string of the molecule is NC(=O)NC1=CCC(OC=O)CC1. The number of carbonyl (C=O) groups excluding carboxylic acids is 2. The Labute approximate surface area is 75.9 Å². The Kier molecular flexibility index (Phi) is 3.31. The number of nitrogens with two attached hydrogens (primary N) is 1. The first kappa shape index (κ1) is 9.57. The van der Waals surface area contributed by atoms with Crippen LogP contribution in [-0.4, -0.2) is 18.6 Å². The van der Waals surface area contributed by atoms with E-state index in [2.05, 4.69) is 5.32 Å². The minimum absolute atomic E-state index is 0.0593. The van der Waals surface area contributed by atoms with Crippen LogP contribution in [-0.2, 0) is 9.53 Å². The summed E-state index contributed by atoms with van der Waals surface area (Å²) in [5, 5.41) is 2.50. The molecule has 1 aliphatic rings. The zero-order valence-electron chi connectivity index (χ0n) is 7.16. The molecule has 0 aliphatic heterocycles. The molecule has 0 heterocycles. The summed E-state index contributed by atoms with van der Waals surface area (Å²) in [5.41, 5.74) is 5.74. The Hall–Kier alpha value is -1.52. The van der Waals surface area contributed by atoms with Crippen LogP contribution in [0.3, 0.4) is 0 Å². The lowest BCUT2D eigenvalue weighted by molar-refractivity contribution is -0.133. The molecule has 0 aromatic rings. The Bertz CT molecular complexity index is 238. The summed E-state index contributed by atoms with van der Waals surface area (Å²) >= 11 is 0. The molecule has 3 N–H and O–H groups in total. The van der Waals surface area contributed by atoms with Crippen molar-refractivity contribution in [3.8, 4) is 0 Å². The summed E-state index contributed by atoms with van der Waals surface area (Å²) in [7, 11) is 0. The van der Waals surface area contributed by atoms with Crippen LogP contribution in [0.5, 0.6) is 0 Å². The molecule has 0 aromatic carbocycles. The Morgan fingerprint density at radius 1 is 1.77 bits per heavy atom. The first-order chi connectivity index (χ1) is 6.22. The normalized spacial score (nSPS) is 21.5. The largest absolute Gasteiger partial charge is 0.464 e. The minimum atomic E-state index is -0.555. The highest BCUT2D eigenvalue weighted by Crippen LogP contribution is 2.17. The molecule has 1 unspecified atom stereocenters. The van der Waals surface area contributed by atoms with E-state index in [1.807, 2.05) is 6.08 Å². The van der Waals surface area contributed by atoms with Crippen LogP contribution in [0.25, 0.3) is 0 Å². The average Bonchev–Trinajstić information content (AvgIpc) is 2.08. The molecule has 13 heavy (non-hydrogen) atoms. The van der Waals surface area contributed by atoms with Crippen LogP contribution in [0, 0.1) is 0 Å². The van der Waals surface area contributed by atoms with Crippen molar-refractivity contribution in [2.24, 2.45) is 5.73 Å². The lowest BCUT2D eigenvalue weighted by atomic mass is 10.0. The molecule has 0 bridgehead atoms. The van der Waals surface area contributed by atoms with Gasteiger partial charge in [-0.25, -0.2) is 4.79 Å². The van der Waals surface area contributed by atoms with E-state index in [0.717, 1.165) is 12.1 Å². The first-order valence-electron chi connectivity index (χ1n) is 4.07. The lowest BCUT2D eigenvalue weighted by Gasteiger charge is -2.19. The van der Waals surface area contributed by atoms with Gasteiger partial charge in [0.15, 0.2) is 0 Å². The smallest absolute Gasteiger partial charge is 0.316 e. The van der Waals surface area contributed by atoms with Crippen LogP contribution < -0.4 is 11.1 Å². The fourth-order valence-electron chi connectivity index (χ4n) is 1.28. The monoisotopic (exact) mass is 184 g/mol. The maximum absolute atomic E-state index is 10.5. The molecule has 5 nitrogen and oxygen atoms in total. The van der Waals surface area contributed by atoms with Gasteiger partial charge in [-0.1, -0.05) is 6.08 Å². The summed E-state index contributed by atoms with van der Waals surface area (Å²) in [5.74, 6) is 0. The van der Waals surface area contributed by atoms with Crippen molar-refractivity contribution in [1.29, 1.82) is 0 Å². The second-order valence-corrected chi connectivity index (χ2v) is 2.85. The molecule has 0 saturated carbocycles. The van der Waals surface area contributed by atoms with E-state index in [1.165, 1.54) is 0 Å². The van der Waals surface area contributed by atoms with Crippen molar-refractivity contribution >= 4 is 12.5 Å². The lowest BCUT2D eigenvalue weighted by Crippen LogP contribution is -2.30. The molecule has 0 fully saturated rings. The van der Waals surface area contributed by atoms with Crippen LogP contribution >= 0.6 is 0 Å². The van der Waals surface area contributed by atoms with Gasteiger partial charge in [-0.3, -0.25) is 4.79 Å². The number of nitrogens with one attached hydrogen (secondary N) is 1. The summed E-state index contributed by atoms with van der Waals surface area (Å²) in [6.07, 6.45) is 3.80. The predicted octanol–water partition coefficient (Wildman–Crippen LogP) is 0.264. The predicted molar refractivity (Wildman–Crippen MR) is 45.6 cm³/mol. The third kappa shape index (κ3) is 3.14. The number of urea groups is 1. The van der Waals surface area contributed by atoms with Crippen molar-refractivity contribution in [2.45, 2.75) is 25.4 Å². The molecule has 2 amide bonds. The third-order valence-corrected chi connectivity index (χ3v) is 1.89. The van der Waals surface area contributed by atoms with E-state index in [0.29, 0.717) is 19.3 Å². The number of ether oxygens (including phenoxy) is 1. The highest BCUT2D eigenvalue weighted by Gasteiger charge is 2.15. The molecule has 1 aliphatic carbocycles. The first-order valence-corrected chi connectivity index (χ1v) is 4.07. The zero-order valence-corrected chi connectivity index (χ0v) is 7.16. The average molecular weight is 184 g/mol. The fourth-order valence-corrected chi connectivity index (χ4v) is 1.28. The van der Waals surface area contributed by atoms with E-state index in [9.17, 15) is 9.59 Å². The number of amides is 2. The molecule has 0 aromatic heterocycles.